The van der Waals surface area contributed by atoms with Gasteiger partial charge < -0.3 is 9.64 Å². The summed E-state index contributed by atoms with van der Waals surface area (Å²) in [6.45, 7) is 1.62. The zero-order valence-electron chi connectivity index (χ0n) is 14.1. The van der Waals surface area contributed by atoms with Gasteiger partial charge in [0.05, 0.1) is 27.1 Å². The van der Waals surface area contributed by atoms with E-state index in [-0.39, 0.29) is 18.4 Å². The van der Waals surface area contributed by atoms with E-state index < -0.39 is 6.10 Å². The highest BCUT2D eigenvalue weighted by Gasteiger charge is 2.32. The van der Waals surface area contributed by atoms with Crippen LogP contribution in [0.2, 0.25) is 4.34 Å². The minimum atomic E-state index is -0.813. The van der Waals surface area contributed by atoms with E-state index in [2.05, 4.69) is 10.3 Å². The summed E-state index contributed by atoms with van der Waals surface area (Å²) >= 11 is 8.71. The van der Waals surface area contributed by atoms with Gasteiger partial charge in [-0.1, -0.05) is 23.7 Å². The Labute approximate surface area is 168 Å². The van der Waals surface area contributed by atoms with Crippen molar-refractivity contribution in [2.75, 3.05) is 16.8 Å². The fourth-order valence-electron chi connectivity index (χ4n) is 2.75. The number of ether oxygens (including phenoxy) is 1. The summed E-state index contributed by atoms with van der Waals surface area (Å²) in [5.74, 6) is 0.0164. The molecule has 3 heterocycles. The second-order valence-corrected chi connectivity index (χ2v) is 8.41. The predicted octanol–water partition coefficient (Wildman–Crippen LogP) is 4.28. The van der Waals surface area contributed by atoms with E-state index in [1.165, 1.54) is 29.6 Å². The Bertz CT molecular complexity index is 1020. The summed E-state index contributed by atoms with van der Waals surface area (Å²) < 4.78 is 6.48. The predicted molar refractivity (Wildman–Crippen MR) is 108 cm³/mol. The monoisotopic (exact) mass is 419 g/mol. The van der Waals surface area contributed by atoms with E-state index >= 15 is 0 Å². The molecule has 3 aromatic rings. The molecule has 6 nitrogen and oxygen atoms in total. The first-order valence-electron chi connectivity index (χ1n) is 8.07. The number of hydrogen-bond donors (Lipinski definition) is 1. The first-order chi connectivity index (χ1) is 13.0. The van der Waals surface area contributed by atoms with Crippen molar-refractivity contribution in [3.05, 3.63) is 46.1 Å². The number of para-hydroxylation sites is 2. The van der Waals surface area contributed by atoms with E-state index in [1.807, 2.05) is 23.6 Å². The van der Waals surface area contributed by atoms with Crippen molar-refractivity contribution in [1.29, 1.82) is 0 Å². The Morgan fingerprint density at radius 3 is 2.85 bits per heavy atom. The number of halogens is 1. The van der Waals surface area contributed by atoms with Crippen molar-refractivity contribution < 1.29 is 14.3 Å². The van der Waals surface area contributed by atoms with Gasteiger partial charge in [-0.05, 0) is 24.3 Å². The Morgan fingerprint density at radius 1 is 1.30 bits per heavy atom. The van der Waals surface area contributed by atoms with E-state index in [9.17, 15) is 9.59 Å². The highest BCUT2D eigenvalue weighted by Crippen LogP contribution is 2.35. The Kier molecular flexibility index (Phi) is 4.86. The smallest absolute Gasteiger partial charge is 0.269 e. The van der Waals surface area contributed by atoms with Crippen LogP contribution in [0, 0.1) is 0 Å². The van der Waals surface area contributed by atoms with E-state index in [4.69, 9.17) is 16.3 Å². The molecule has 0 aliphatic carbocycles. The number of rotatable bonds is 3. The summed E-state index contributed by atoms with van der Waals surface area (Å²) in [6.07, 6.45) is -0.813. The quantitative estimate of drug-likeness (QED) is 0.687. The van der Waals surface area contributed by atoms with Crippen molar-refractivity contribution in [2.45, 2.75) is 13.0 Å². The Balaban J connectivity index is 1.50. The molecule has 0 radical (unpaired) electrons. The molecule has 0 spiro atoms. The number of thiophene rings is 1. The van der Waals surface area contributed by atoms with Crippen LogP contribution in [-0.4, -0.2) is 29.4 Å². The molecular formula is C18H14ClN3O3S2. The number of carbonyl (C=O) groups is 2. The maximum Gasteiger partial charge on any atom is 0.269 e. The fraction of sp³-hybridized carbons (Fsp3) is 0.167. The molecule has 0 unspecified atom stereocenters. The molecule has 138 valence electrons. The molecule has 1 N–H and O–H groups in total. The highest BCUT2D eigenvalue weighted by atomic mass is 35.5. The summed E-state index contributed by atoms with van der Waals surface area (Å²) in [6, 6.07) is 10.9. The van der Waals surface area contributed by atoms with Crippen LogP contribution in [0.25, 0.3) is 10.6 Å². The number of benzene rings is 1. The number of hydrogen-bond acceptors (Lipinski definition) is 6. The van der Waals surface area contributed by atoms with Crippen molar-refractivity contribution in [1.82, 2.24) is 4.98 Å². The topological polar surface area (TPSA) is 71.5 Å². The van der Waals surface area contributed by atoms with Gasteiger partial charge in [-0.15, -0.1) is 22.7 Å². The fourth-order valence-corrected chi connectivity index (χ4v) is 4.54. The van der Waals surface area contributed by atoms with Crippen molar-refractivity contribution >= 4 is 56.9 Å². The van der Waals surface area contributed by atoms with Crippen LogP contribution in [0.5, 0.6) is 5.75 Å². The Morgan fingerprint density at radius 2 is 2.11 bits per heavy atom. The normalized spacial score (nSPS) is 15.8. The third-order valence-electron chi connectivity index (χ3n) is 4.01. The third kappa shape index (κ3) is 3.69. The van der Waals surface area contributed by atoms with E-state index in [0.717, 1.165) is 10.6 Å². The molecule has 27 heavy (non-hydrogen) atoms. The molecule has 1 atom stereocenters. The molecule has 2 amide bonds. The summed E-state index contributed by atoms with van der Waals surface area (Å²) in [5.41, 5.74) is 1.42. The summed E-state index contributed by atoms with van der Waals surface area (Å²) in [7, 11) is 0. The number of fused-ring (bicyclic) bond motifs is 1. The molecule has 0 saturated carbocycles. The highest BCUT2D eigenvalue weighted by molar-refractivity contribution is 7.20. The lowest BCUT2D eigenvalue weighted by atomic mass is 10.2. The van der Waals surface area contributed by atoms with Gasteiger partial charge in [-0.2, -0.15) is 0 Å². The van der Waals surface area contributed by atoms with Crippen molar-refractivity contribution in [3.63, 3.8) is 0 Å². The number of carbonyl (C=O) groups excluding carboxylic acids is 2. The zero-order chi connectivity index (χ0) is 19.0. The molecule has 1 aromatic carbocycles. The van der Waals surface area contributed by atoms with Gasteiger partial charge in [-0.3, -0.25) is 14.9 Å². The van der Waals surface area contributed by atoms with Gasteiger partial charge in [0, 0.05) is 12.3 Å². The van der Waals surface area contributed by atoms with Crippen LogP contribution < -0.4 is 15.0 Å². The number of nitrogens with zero attached hydrogens (tertiary/aromatic N) is 2. The molecule has 0 saturated heterocycles. The van der Waals surface area contributed by atoms with Crippen molar-refractivity contribution in [2.24, 2.45) is 0 Å². The minimum Gasteiger partial charge on any atom is -0.476 e. The van der Waals surface area contributed by atoms with Gasteiger partial charge in [0.15, 0.2) is 11.2 Å². The third-order valence-corrected chi connectivity index (χ3v) is 6.02. The number of nitrogens with one attached hydrogen (secondary N) is 1. The molecule has 0 bridgehead atoms. The largest absolute Gasteiger partial charge is 0.476 e. The molecule has 9 heteroatoms. The molecular weight excluding hydrogens is 406 g/mol. The molecule has 4 rings (SSSR count). The number of aromatic nitrogens is 1. The lowest BCUT2D eigenvalue weighted by Gasteiger charge is -2.33. The van der Waals surface area contributed by atoms with Crippen LogP contribution in [-0.2, 0) is 9.59 Å². The molecule has 1 aliphatic rings. The van der Waals surface area contributed by atoms with Crippen LogP contribution in [0.1, 0.15) is 6.92 Å². The summed E-state index contributed by atoms with van der Waals surface area (Å²) in [4.78, 5) is 31.5. The summed E-state index contributed by atoms with van der Waals surface area (Å²) in [5, 5.41) is 5.10. The van der Waals surface area contributed by atoms with Gasteiger partial charge in [0.25, 0.3) is 5.91 Å². The Hall–Kier alpha value is -2.42. The van der Waals surface area contributed by atoms with Crippen LogP contribution in [0.4, 0.5) is 10.8 Å². The van der Waals surface area contributed by atoms with Gasteiger partial charge in [-0.25, -0.2) is 4.98 Å². The molecule has 1 aliphatic heterocycles. The first-order valence-corrected chi connectivity index (χ1v) is 10.1. The van der Waals surface area contributed by atoms with Crippen LogP contribution >= 0.6 is 34.3 Å². The standard InChI is InChI=1S/C18H14ClN3O3S2/c1-10(23)22-8-14(25-13-5-3-2-4-12(13)22)17(24)21-18-20-11(9-26-18)15-6-7-16(19)27-15/h2-7,9,14H,8H2,1H3,(H,20,21,24)/t14-/m0/s1. The maximum absolute atomic E-state index is 12.7. The zero-order valence-corrected chi connectivity index (χ0v) is 16.5. The van der Waals surface area contributed by atoms with E-state index in [0.29, 0.717) is 20.9 Å². The lowest BCUT2D eigenvalue weighted by Crippen LogP contribution is -2.48. The van der Waals surface area contributed by atoms with E-state index in [1.54, 1.807) is 23.1 Å². The second kappa shape index (κ2) is 7.30. The first kappa shape index (κ1) is 18.0. The molecule has 0 fully saturated rings. The van der Waals surface area contributed by atoms with Crippen molar-refractivity contribution in [3.8, 4) is 16.3 Å². The number of anilines is 2. The lowest BCUT2D eigenvalue weighted by molar-refractivity contribution is -0.123. The van der Waals surface area contributed by atoms with Gasteiger partial charge in [0.2, 0.25) is 5.91 Å². The average Bonchev–Trinajstić information content (AvgIpc) is 3.29. The minimum absolute atomic E-state index is 0.144. The molecule has 2 aromatic heterocycles. The van der Waals surface area contributed by atoms with Crippen LogP contribution in [0.15, 0.2) is 41.8 Å². The van der Waals surface area contributed by atoms with Gasteiger partial charge in [0.1, 0.15) is 5.75 Å². The second-order valence-electron chi connectivity index (χ2n) is 5.83. The number of thiazole rings is 1. The number of amides is 2. The SMILES string of the molecule is CC(=O)N1C[C@@H](C(=O)Nc2nc(-c3ccc(Cl)s3)cs2)Oc2ccccc21. The van der Waals surface area contributed by atoms with Crippen LogP contribution in [0.3, 0.4) is 0 Å². The maximum atomic E-state index is 12.7. The van der Waals surface area contributed by atoms with Gasteiger partial charge >= 0.3 is 0 Å². The average molecular weight is 420 g/mol.